The van der Waals surface area contributed by atoms with Crippen LogP contribution in [0.3, 0.4) is 0 Å². The quantitative estimate of drug-likeness (QED) is 0.304. The molecule has 140 valence electrons. The van der Waals surface area contributed by atoms with Crippen LogP contribution in [0.5, 0.6) is 0 Å². The Labute approximate surface area is 173 Å². The zero-order valence-corrected chi connectivity index (χ0v) is 17.1. The summed E-state index contributed by atoms with van der Waals surface area (Å²) in [6, 6.07) is 21.4. The van der Waals surface area contributed by atoms with E-state index >= 15 is 0 Å². The smallest absolute Gasteiger partial charge is 0.194 e. The number of nitrogens with zero attached hydrogens (tertiary/aromatic N) is 1. The second kappa shape index (κ2) is 7.74. The maximum Gasteiger partial charge on any atom is 0.194 e. The van der Waals surface area contributed by atoms with Crippen molar-refractivity contribution in [1.82, 2.24) is 4.57 Å². The van der Waals surface area contributed by atoms with E-state index in [1.54, 1.807) is 6.07 Å². The van der Waals surface area contributed by atoms with Gasteiger partial charge in [-0.25, -0.2) is 0 Å². The number of fused-ring (bicyclic) bond motifs is 1. The molecule has 0 bridgehead atoms. The molecule has 5 heteroatoms. The third-order valence-electron chi connectivity index (χ3n) is 4.75. The molecule has 0 saturated carbocycles. The van der Waals surface area contributed by atoms with Gasteiger partial charge in [0, 0.05) is 34.7 Å². The van der Waals surface area contributed by atoms with Crippen molar-refractivity contribution >= 4 is 45.9 Å². The van der Waals surface area contributed by atoms with E-state index in [4.69, 9.17) is 11.6 Å². The lowest BCUT2D eigenvalue weighted by Gasteiger charge is -2.11. The summed E-state index contributed by atoms with van der Waals surface area (Å²) in [6.45, 7) is 1.93. The number of para-hydroxylation sites is 1. The van der Waals surface area contributed by atoms with Crippen LogP contribution >= 0.6 is 23.5 Å². The van der Waals surface area contributed by atoms with E-state index in [0.717, 1.165) is 21.7 Å². The summed E-state index contributed by atoms with van der Waals surface area (Å²) >= 11 is 7.92. The molecule has 0 aliphatic heterocycles. The molecule has 1 heterocycles. The van der Waals surface area contributed by atoms with Gasteiger partial charge >= 0.3 is 0 Å². The Hall–Kier alpha value is -2.69. The molecule has 1 aromatic heterocycles. The van der Waals surface area contributed by atoms with Crippen molar-refractivity contribution in [3.8, 4) is 0 Å². The third kappa shape index (κ3) is 3.53. The first-order chi connectivity index (χ1) is 13.5. The fourth-order valence-corrected chi connectivity index (χ4v) is 4.31. The zero-order valence-electron chi connectivity index (χ0n) is 15.6. The maximum atomic E-state index is 12.8. The van der Waals surface area contributed by atoms with Gasteiger partial charge in [-0.3, -0.25) is 4.79 Å². The molecule has 1 N–H and O–H groups in total. The van der Waals surface area contributed by atoms with Gasteiger partial charge in [0.05, 0.1) is 16.2 Å². The number of halogens is 1. The Kier molecular flexibility index (Phi) is 5.16. The van der Waals surface area contributed by atoms with E-state index in [2.05, 4.69) is 21.4 Å². The maximum absolute atomic E-state index is 12.8. The van der Waals surface area contributed by atoms with Gasteiger partial charge in [-0.05, 0) is 54.8 Å². The van der Waals surface area contributed by atoms with Crippen LogP contribution in [-0.4, -0.2) is 10.4 Å². The summed E-state index contributed by atoms with van der Waals surface area (Å²) in [5.74, 6) is -0.0545. The van der Waals surface area contributed by atoms with E-state index in [1.165, 1.54) is 17.3 Å². The molecule has 0 aliphatic carbocycles. The van der Waals surface area contributed by atoms with Gasteiger partial charge in [-0.1, -0.05) is 48.0 Å². The zero-order chi connectivity index (χ0) is 19.7. The Morgan fingerprint density at radius 3 is 2.61 bits per heavy atom. The minimum atomic E-state index is -0.0545. The molecule has 0 fully saturated rings. The summed E-state index contributed by atoms with van der Waals surface area (Å²) in [4.78, 5) is 13.8. The van der Waals surface area contributed by atoms with Crippen molar-refractivity contribution in [2.45, 2.75) is 11.8 Å². The largest absolute Gasteiger partial charge is 0.349 e. The number of ketones is 1. The molecule has 4 rings (SSSR count). The number of anilines is 1. The van der Waals surface area contributed by atoms with Crippen molar-refractivity contribution in [3.63, 3.8) is 0 Å². The molecular formula is C23H19ClN2OS. The topological polar surface area (TPSA) is 34.0 Å². The van der Waals surface area contributed by atoms with Crippen LogP contribution in [0.25, 0.3) is 10.9 Å². The molecule has 0 spiro atoms. The summed E-state index contributed by atoms with van der Waals surface area (Å²) in [6.07, 6.45) is 2.04. The van der Waals surface area contributed by atoms with Crippen LogP contribution < -0.4 is 4.72 Å². The average Bonchev–Trinajstić information content (AvgIpc) is 3.08. The van der Waals surface area contributed by atoms with Gasteiger partial charge in [0.25, 0.3) is 0 Å². The number of hydrogen-bond acceptors (Lipinski definition) is 3. The van der Waals surface area contributed by atoms with Crippen molar-refractivity contribution in [1.29, 1.82) is 0 Å². The standard InChI is InChI=1S/C23H19ClN2OS/c1-15-6-3-4-8-18(15)23(27)19-11-10-17(14-20(19)24)28-25-21-9-5-7-16-12-13-26(2)22(16)21/h3-14,25H,1-2H3. The van der Waals surface area contributed by atoms with E-state index in [-0.39, 0.29) is 5.78 Å². The highest BCUT2D eigenvalue weighted by molar-refractivity contribution is 8.00. The van der Waals surface area contributed by atoms with Crippen molar-refractivity contribution < 1.29 is 4.79 Å². The van der Waals surface area contributed by atoms with Crippen molar-refractivity contribution in [3.05, 3.63) is 94.6 Å². The summed E-state index contributed by atoms with van der Waals surface area (Å²) in [5.41, 5.74) is 4.32. The average molecular weight is 407 g/mol. The number of carbonyl (C=O) groups is 1. The van der Waals surface area contributed by atoms with Crippen LogP contribution in [0, 0.1) is 6.92 Å². The Morgan fingerprint density at radius 1 is 1.00 bits per heavy atom. The summed E-state index contributed by atoms with van der Waals surface area (Å²) in [7, 11) is 2.03. The molecule has 3 nitrogen and oxygen atoms in total. The monoisotopic (exact) mass is 406 g/mol. The van der Waals surface area contributed by atoms with Gasteiger partial charge in [0.15, 0.2) is 5.78 Å². The number of nitrogens with one attached hydrogen (secondary N) is 1. The van der Waals surface area contributed by atoms with Gasteiger partial charge in [0.1, 0.15) is 0 Å². The first-order valence-electron chi connectivity index (χ1n) is 8.91. The van der Waals surface area contributed by atoms with Crippen molar-refractivity contribution in [2.24, 2.45) is 7.05 Å². The van der Waals surface area contributed by atoms with E-state index in [0.29, 0.717) is 16.1 Å². The molecule has 0 radical (unpaired) electrons. The number of hydrogen-bond donors (Lipinski definition) is 1. The molecular weight excluding hydrogens is 388 g/mol. The van der Waals surface area contributed by atoms with E-state index in [9.17, 15) is 4.79 Å². The fraction of sp³-hybridized carbons (Fsp3) is 0.0870. The third-order valence-corrected chi connectivity index (χ3v) is 5.88. The van der Waals surface area contributed by atoms with E-state index in [1.807, 2.05) is 68.7 Å². The predicted octanol–water partition coefficient (Wildman–Crippen LogP) is 6.49. The summed E-state index contributed by atoms with van der Waals surface area (Å²) in [5, 5.41) is 1.64. The number of carbonyl (C=O) groups excluding carboxylic acids is 1. The highest BCUT2D eigenvalue weighted by Gasteiger charge is 2.15. The van der Waals surface area contributed by atoms with Crippen LogP contribution in [0.2, 0.25) is 5.02 Å². The lowest BCUT2D eigenvalue weighted by Crippen LogP contribution is -2.04. The molecule has 4 aromatic rings. The fourth-order valence-electron chi connectivity index (χ4n) is 3.27. The minimum absolute atomic E-state index is 0.0545. The minimum Gasteiger partial charge on any atom is -0.349 e. The molecule has 3 aromatic carbocycles. The van der Waals surface area contributed by atoms with Gasteiger partial charge in [-0.2, -0.15) is 0 Å². The molecule has 28 heavy (non-hydrogen) atoms. The summed E-state index contributed by atoms with van der Waals surface area (Å²) < 4.78 is 5.49. The normalized spacial score (nSPS) is 11.0. The molecule has 0 atom stereocenters. The van der Waals surface area contributed by atoms with Gasteiger partial charge in [0.2, 0.25) is 0 Å². The lowest BCUT2D eigenvalue weighted by molar-refractivity contribution is 0.103. The number of rotatable bonds is 5. The molecule has 0 unspecified atom stereocenters. The molecule has 0 saturated heterocycles. The predicted molar refractivity (Wildman–Crippen MR) is 118 cm³/mol. The SMILES string of the molecule is Cc1ccccc1C(=O)c1ccc(SNc2cccc3ccn(C)c23)cc1Cl. The van der Waals surface area contributed by atoms with E-state index < -0.39 is 0 Å². The Morgan fingerprint density at radius 2 is 1.82 bits per heavy atom. The Bertz CT molecular complexity index is 1180. The van der Waals surface area contributed by atoms with Gasteiger partial charge < -0.3 is 9.29 Å². The van der Waals surface area contributed by atoms with Crippen LogP contribution in [0.15, 0.2) is 77.8 Å². The number of benzene rings is 3. The van der Waals surface area contributed by atoms with Crippen LogP contribution in [0.1, 0.15) is 21.5 Å². The molecule has 0 aliphatic rings. The van der Waals surface area contributed by atoms with Gasteiger partial charge in [-0.15, -0.1) is 0 Å². The van der Waals surface area contributed by atoms with Crippen molar-refractivity contribution in [2.75, 3.05) is 4.72 Å². The van der Waals surface area contributed by atoms with Crippen LogP contribution in [0.4, 0.5) is 5.69 Å². The second-order valence-electron chi connectivity index (χ2n) is 6.66. The Balaban J connectivity index is 1.56. The number of aryl methyl sites for hydroxylation is 2. The number of aromatic nitrogens is 1. The highest BCUT2D eigenvalue weighted by atomic mass is 35.5. The first kappa shape index (κ1) is 18.7. The second-order valence-corrected chi connectivity index (χ2v) is 7.95. The van der Waals surface area contributed by atoms with Crippen LogP contribution in [-0.2, 0) is 7.05 Å². The highest BCUT2D eigenvalue weighted by Crippen LogP contribution is 2.31. The first-order valence-corrected chi connectivity index (χ1v) is 10.1. The lowest BCUT2D eigenvalue weighted by atomic mass is 9.99. The molecule has 0 amide bonds.